The van der Waals surface area contributed by atoms with Crippen molar-refractivity contribution >= 4 is 50.2 Å². The third-order valence-electron chi connectivity index (χ3n) is 4.22. The van der Waals surface area contributed by atoms with Crippen LogP contribution in [0.25, 0.3) is 10.2 Å². The van der Waals surface area contributed by atoms with Gasteiger partial charge in [-0.3, -0.25) is 4.79 Å². The van der Waals surface area contributed by atoms with Gasteiger partial charge in [-0.1, -0.05) is 41.1 Å². The van der Waals surface area contributed by atoms with Crippen molar-refractivity contribution in [3.8, 4) is 0 Å². The molecule has 0 aliphatic carbocycles. The molecule has 0 aliphatic heterocycles. The van der Waals surface area contributed by atoms with E-state index in [-0.39, 0.29) is 15.7 Å². The van der Waals surface area contributed by atoms with Crippen LogP contribution >= 0.6 is 22.9 Å². The highest BCUT2D eigenvalue weighted by atomic mass is 35.5. The average molecular weight is 458 g/mol. The van der Waals surface area contributed by atoms with E-state index in [0.717, 1.165) is 24.0 Å². The number of aromatic nitrogens is 1. The Balaban J connectivity index is 2.07. The second-order valence-electron chi connectivity index (χ2n) is 6.27. The third-order valence-corrected chi connectivity index (χ3v) is 5.39. The maximum absolute atomic E-state index is 14.2. The molecule has 0 aliphatic rings. The van der Waals surface area contributed by atoms with Crippen molar-refractivity contribution in [3.05, 3.63) is 58.6 Å². The van der Waals surface area contributed by atoms with Crippen molar-refractivity contribution in [2.75, 3.05) is 12.4 Å². The van der Waals surface area contributed by atoms with Crippen LogP contribution in [-0.4, -0.2) is 35.8 Å². The molecule has 3 aromatic rings. The van der Waals surface area contributed by atoms with Crippen molar-refractivity contribution in [3.63, 3.8) is 0 Å². The van der Waals surface area contributed by atoms with E-state index in [1.165, 1.54) is 24.3 Å². The van der Waals surface area contributed by atoms with Gasteiger partial charge in [0.2, 0.25) is 0 Å². The molecule has 1 amide bonds. The summed E-state index contributed by atoms with van der Waals surface area (Å²) < 4.78 is 47.5. The number of nitrogens with zero attached hydrogens (tertiary/aromatic N) is 1. The van der Waals surface area contributed by atoms with E-state index in [0.29, 0.717) is 10.2 Å². The number of carbonyl (C=O) groups excluding carboxylic acids is 2. The molecule has 0 spiro atoms. The van der Waals surface area contributed by atoms with Crippen LogP contribution in [0.5, 0.6) is 0 Å². The second kappa shape index (κ2) is 8.11. The summed E-state index contributed by atoms with van der Waals surface area (Å²) in [5.74, 6) is -2.92. The number of anilines is 1. The number of carbonyl (C=O) groups is 2. The van der Waals surface area contributed by atoms with E-state index in [9.17, 15) is 22.8 Å². The van der Waals surface area contributed by atoms with E-state index < -0.39 is 23.7 Å². The zero-order valence-corrected chi connectivity index (χ0v) is 17.2. The van der Waals surface area contributed by atoms with Crippen LogP contribution in [0.15, 0.2) is 42.5 Å². The molecule has 1 atom stereocenters. The van der Waals surface area contributed by atoms with Crippen molar-refractivity contribution in [2.45, 2.75) is 18.8 Å². The fraction of sp³-hybridized carbons (Fsp3) is 0.211. The van der Waals surface area contributed by atoms with Gasteiger partial charge in [0, 0.05) is 10.6 Å². The number of amides is 1. The minimum atomic E-state index is -5.26. The van der Waals surface area contributed by atoms with Gasteiger partial charge in [0.05, 0.1) is 17.3 Å². The van der Waals surface area contributed by atoms with Gasteiger partial charge < -0.3 is 15.4 Å². The Morgan fingerprint density at radius 3 is 2.47 bits per heavy atom. The van der Waals surface area contributed by atoms with Crippen molar-refractivity contribution in [1.82, 2.24) is 10.3 Å². The zero-order chi connectivity index (χ0) is 22.1. The quantitative estimate of drug-likeness (QED) is 0.434. The van der Waals surface area contributed by atoms with Crippen LogP contribution in [0, 0.1) is 6.92 Å². The molecular weight excluding hydrogens is 443 g/mol. The lowest BCUT2D eigenvalue weighted by molar-refractivity contribution is -0.203. The fourth-order valence-corrected chi connectivity index (χ4v) is 3.91. The molecule has 2 aromatic carbocycles. The van der Waals surface area contributed by atoms with Gasteiger partial charge in [0.25, 0.3) is 5.91 Å². The Morgan fingerprint density at radius 2 is 1.87 bits per heavy atom. The first-order chi connectivity index (χ1) is 14.1. The minimum absolute atomic E-state index is 0.146. The summed E-state index contributed by atoms with van der Waals surface area (Å²) in [6.45, 7) is 1.75. The second-order valence-corrected chi connectivity index (χ2v) is 7.74. The number of nitrogens with one attached hydrogen (secondary N) is 2. The number of esters is 1. The summed E-state index contributed by atoms with van der Waals surface area (Å²) in [5.41, 5.74) is -2.51. The van der Waals surface area contributed by atoms with E-state index in [1.54, 1.807) is 30.4 Å². The summed E-state index contributed by atoms with van der Waals surface area (Å²) in [5, 5.41) is 3.72. The van der Waals surface area contributed by atoms with Crippen molar-refractivity contribution in [2.24, 2.45) is 0 Å². The number of benzene rings is 2. The molecule has 3 rings (SSSR count). The normalized spacial score (nSPS) is 13.5. The molecule has 2 N–H and O–H groups in total. The van der Waals surface area contributed by atoms with Gasteiger partial charge >= 0.3 is 17.8 Å². The molecule has 0 unspecified atom stereocenters. The number of alkyl halides is 3. The van der Waals surface area contributed by atoms with Crippen LogP contribution in [0.4, 0.5) is 18.3 Å². The van der Waals surface area contributed by atoms with E-state index in [2.05, 4.69) is 15.0 Å². The van der Waals surface area contributed by atoms with Gasteiger partial charge in [-0.05, 0) is 36.8 Å². The largest absolute Gasteiger partial charge is 0.466 e. The molecule has 0 bridgehead atoms. The monoisotopic (exact) mass is 457 g/mol. The molecule has 0 saturated carbocycles. The number of aryl methyl sites for hydroxylation is 1. The standard InChI is InChI=1S/C19H15ClF3N3O3S/c1-10-5-3-8-13-14(10)24-17(30-13)26-18(16(28)29-2,19(21,22)23)25-15(27)11-6-4-7-12(20)9-11/h3-9H,1-2H3,(H,24,26)(H,25,27)/t18-/m1/s1. The van der Waals surface area contributed by atoms with Crippen LogP contribution in [0.3, 0.4) is 0 Å². The van der Waals surface area contributed by atoms with Gasteiger partial charge in [0.15, 0.2) is 5.13 Å². The van der Waals surface area contributed by atoms with E-state index in [1.807, 2.05) is 0 Å². The number of para-hydroxylation sites is 1. The summed E-state index contributed by atoms with van der Waals surface area (Å²) >= 11 is 6.72. The number of hydrogen-bond donors (Lipinski definition) is 2. The predicted molar refractivity (Wildman–Crippen MR) is 108 cm³/mol. The molecule has 0 radical (unpaired) electrons. The number of halogens is 4. The SMILES string of the molecule is COC(=O)[C@@](NC(=O)c1cccc(Cl)c1)(Nc1nc2c(C)cccc2s1)C(F)(F)F. The predicted octanol–water partition coefficient (Wildman–Crippen LogP) is 4.53. The van der Waals surface area contributed by atoms with E-state index in [4.69, 9.17) is 11.6 Å². The number of thiazole rings is 1. The van der Waals surface area contributed by atoms with Crippen molar-refractivity contribution < 1.29 is 27.5 Å². The third kappa shape index (κ3) is 4.05. The Bertz CT molecular complexity index is 1120. The maximum Gasteiger partial charge on any atom is 0.442 e. The van der Waals surface area contributed by atoms with Crippen LogP contribution < -0.4 is 10.6 Å². The topological polar surface area (TPSA) is 80.3 Å². The Hall–Kier alpha value is -2.85. The average Bonchev–Trinajstić information content (AvgIpc) is 3.09. The molecule has 11 heteroatoms. The smallest absolute Gasteiger partial charge is 0.442 e. The first-order valence-corrected chi connectivity index (χ1v) is 9.64. The van der Waals surface area contributed by atoms with E-state index >= 15 is 0 Å². The van der Waals surface area contributed by atoms with Gasteiger partial charge in [-0.25, -0.2) is 9.78 Å². The molecule has 1 heterocycles. The molecule has 30 heavy (non-hydrogen) atoms. The molecule has 6 nitrogen and oxygen atoms in total. The Labute approximate surface area is 178 Å². The summed E-state index contributed by atoms with van der Waals surface area (Å²) in [6, 6.07) is 10.5. The van der Waals surface area contributed by atoms with Gasteiger partial charge in [-0.2, -0.15) is 13.2 Å². The highest BCUT2D eigenvalue weighted by molar-refractivity contribution is 7.22. The fourth-order valence-electron chi connectivity index (χ4n) is 2.72. The molecule has 0 saturated heterocycles. The van der Waals surface area contributed by atoms with Crippen LogP contribution in [0.2, 0.25) is 5.02 Å². The first kappa shape index (κ1) is 21.8. The maximum atomic E-state index is 14.2. The number of rotatable bonds is 5. The first-order valence-electron chi connectivity index (χ1n) is 8.45. The number of hydrogen-bond acceptors (Lipinski definition) is 6. The lowest BCUT2D eigenvalue weighted by atomic mass is 10.1. The van der Waals surface area contributed by atoms with Gasteiger partial charge in [0.1, 0.15) is 0 Å². The highest BCUT2D eigenvalue weighted by Crippen LogP contribution is 2.36. The van der Waals surface area contributed by atoms with Crippen LogP contribution in [0.1, 0.15) is 15.9 Å². The highest BCUT2D eigenvalue weighted by Gasteiger charge is 2.64. The zero-order valence-electron chi connectivity index (χ0n) is 15.6. The minimum Gasteiger partial charge on any atom is -0.466 e. The Kier molecular flexibility index (Phi) is 5.91. The molecular formula is C19H15ClF3N3O3S. The van der Waals surface area contributed by atoms with Crippen molar-refractivity contribution in [1.29, 1.82) is 0 Å². The molecule has 158 valence electrons. The Morgan fingerprint density at radius 1 is 1.17 bits per heavy atom. The molecule has 0 fully saturated rings. The summed E-state index contributed by atoms with van der Waals surface area (Å²) in [6.07, 6.45) is -5.26. The summed E-state index contributed by atoms with van der Waals surface area (Å²) in [4.78, 5) is 29.0. The number of ether oxygens (including phenoxy) is 1. The number of methoxy groups -OCH3 is 1. The van der Waals surface area contributed by atoms with Gasteiger partial charge in [-0.15, -0.1) is 0 Å². The summed E-state index contributed by atoms with van der Waals surface area (Å²) in [7, 11) is 0.790. The lowest BCUT2D eigenvalue weighted by Crippen LogP contribution is -2.69. The lowest BCUT2D eigenvalue weighted by Gasteiger charge is -2.34. The molecule has 1 aromatic heterocycles. The van der Waals surface area contributed by atoms with Crippen LogP contribution in [-0.2, 0) is 9.53 Å². The number of fused-ring (bicyclic) bond motifs is 1.